The van der Waals surface area contributed by atoms with Crippen LogP contribution >= 0.6 is 0 Å². The zero-order valence-electron chi connectivity index (χ0n) is 12.4. The lowest BCUT2D eigenvalue weighted by Gasteiger charge is -2.29. The molecule has 18 heavy (non-hydrogen) atoms. The van der Waals surface area contributed by atoms with Crippen molar-refractivity contribution in [2.45, 2.75) is 53.8 Å². The average molecular weight is 280 g/mol. The molecule has 0 aliphatic carbocycles. The number of hydrogen-bond acceptors (Lipinski definition) is 5. The van der Waals surface area contributed by atoms with E-state index in [4.69, 9.17) is 22.4 Å². The Kier molecular flexibility index (Phi) is 10.9. The fourth-order valence-electron chi connectivity index (χ4n) is 1.39. The van der Waals surface area contributed by atoms with Gasteiger partial charge in [-0.05, 0) is 34.1 Å². The Hall–Kier alpha value is 0.0169. The van der Waals surface area contributed by atoms with Crippen molar-refractivity contribution < 1.29 is 22.4 Å². The lowest BCUT2D eigenvalue weighted by Crippen LogP contribution is -2.51. The van der Waals surface area contributed by atoms with Crippen molar-refractivity contribution in [3.05, 3.63) is 0 Å². The zero-order valence-corrected chi connectivity index (χ0v) is 13.4. The molecule has 0 spiro atoms. The molecule has 0 bridgehead atoms. The summed E-state index contributed by atoms with van der Waals surface area (Å²) in [5, 5.41) is 0. The molecule has 110 valence electrons. The Morgan fingerprint density at radius 2 is 1.39 bits per heavy atom. The van der Waals surface area contributed by atoms with Crippen LogP contribution in [-0.4, -0.2) is 41.8 Å². The Morgan fingerprint density at radius 3 is 1.78 bits per heavy atom. The third-order valence-electron chi connectivity index (χ3n) is 2.12. The first-order valence-corrected chi connectivity index (χ1v) is 8.48. The van der Waals surface area contributed by atoms with Gasteiger partial charge in [0.05, 0.1) is 0 Å². The normalized spacial score (nSPS) is 13.8. The van der Waals surface area contributed by atoms with Crippen LogP contribution in [0, 0.1) is 0 Å². The first-order valence-electron chi connectivity index (χ1n) is 6.85. The van der Waals surface area contributed by atoms with Crippen LogP contribution in [0.1, 0.15) is 47.5 Å². The van der Waals surface area contributed by atoms with Crippen molar-refractivity contribution in [2.75, 3.05) is 26.4 Å². The first-order chi connectivity index (χ1) is 8.64. The highest BCUT2D eigenvalue weighted by molar-refractivity contribution is 6.53. The lowest BCUT2D eigenvalue weighted by molar-refractivity contribution is -0.140. The Balaban J connectivity index is 4.34. The van der Waals surface area contributed by atoms with Gasteiger partial charge in [0.15, 0.2) is 6.29 Å². The predicted molar refractivity (Wildman–Crippen MR) is 72.0 cm³/mol. The molecule has 1 atom stereocenters. The molecule has 0 heterocycles. The molecule has 0 aromatic carbocycles. The molecule has 0 aromatic rings. The topological polar surface area (TPSA) is 46.2 Å². The van der Waals surface area contributed by atoms with E-state index >= 15 is 0 Å². The molecule has 0 saturated heterocycles. The molecular formula is C12H28O5Si. The number of rotatable bonds is 12. The van der Waals surface area contributed by atoms with E-state index in [9.17, 15) is 0 Å². The third kappa shape index (κ3) is 7.45. The smallest absolute Gasteiger partial charge is 0.354 e. The van der Waals surface area contributed by atoms with Crippen molar-refractivity contribution in [1.82, 2.24) is 0 Å². The molecule has 0 radical (unpaired) electrons. The highest BCUT2D eigenvalue weighted by Gasteiger charge is 2.46. The summed E-state index contributed by atoms with van der Waals surface area (Å²) < 4.78 is 28.0. The summed E-state index contributed by atoms with van der Waals surface area (Å²) in [4.78, 5) is 0. The lowest BCUT2D eigenvalue weighted by atomic mass is 10.4. The number of ether oxygens (including phenoxy) is 1. The molecule has 0 saturated carbocycles. The Bertz CT molecular complexity index is 174. The summed E-state index contributed by atoms with van der Waals surface area (Å²) in [7, 11) is -3.04. The van der Waals surface area contributed by atoms with Crippen molar-refractivity contribution in [3.63, 3.8) is 0 Å². The summed E-state index contributed by atoms with van der Waals surface area (Å²) in [6.07, 6.45) is 1.73. The van der Waals surface area contributed by atoms with Gasteiger partial charge in [0, 0.05) is 26.4 Å². The molecule has 0 aliphatic heterocycles. The van der Waals surface area contributed by atoms with Gasteiger partial charge in [-0.2, -0.15) is 0 Å². The monoisotopic (exact) mass is 280 g/mol. The van der Waals surface area contributed by atoms with Crippen LogP contribution in [0.3, 0.4) is 0 Å². The van der Waals surface area contributed by atoms with E-state index in [1.54, 1.807) is 0 Å². The number of unbranched alkanes of at least 4 members (excludes halogenated alkanes) is 1. The minimum absolute atomic E-state index is 0.382. The van der Waals surface area contributed by atoms with Gasteiger partial charge in [-0.3, -0.25) is 0 Å². The van der Waals surface area contributed by atoms with Gasteiger partial charge in [0.1, 0.15) is 0 Å². The third-order valence-corrected chi connectivity index (χ3v) is 4.67. The van der Waals surface area contributed by atoms with Crippen LogP contribution in [0.2, 0.25) is 0 Å². The summed E-state index contributed by atoms with van der Waals surface area (Å²) in [5.74, 6) is 0. The summed E-state index contributed by atoms with van der Waals surface area (Å²) in [5.41, 5.74) is 0. The van der Waals surface area contributed by atoms with Crippen molar-refractivity contribution in [1.29, 1.82) is 0 Å². The molecule has 0 N–H and O–H groups in total. The maximum absolute atomic E-state index is 5.76. The van der Waals surface area contributed by atoms with E-state index in [0.29, 0.717) is 26.4 Å². The molecule has 1 unspecified atom stereocenters. The molecule has 0 aliphatic rings. The minimum atomic E-state index is -3.04. The largest absolute Gasteiger partial charge is 0.681 e. The predicted octanol–water partition coefficient (Wildman–Crippen LogP) is 2.71. The number of hydrogen-bond donors (Lipinski definition) is 0. The van der Waals surface area contributed by atoms with Crippen LogP contribution < -0.4 is 0 Å². The molecule has 5 nitrogen and oxygen atoms in total. The summed E-state index contributed by atoms with van der Waals surface area (Å²) in [6, 6.07) is 0. The summed E-state index contributed by atoms with van der Waals surface area (Å²) >= 11 is 0. The van der Waals surface area contributed by atoms with Gasteiger partial charge < -0.3 is 22.4 Å². The standard InChI is InChI=1S/C12H28O5Si/c1-6-10-11-13-12(5)17-18(14-7-2,15-8-3)16-9-4/h12H,6-11H2,1-5H3. The van der Waals surface area contributed by atoms with Crippen LogP contribution in [0.15, 0.2) is 0 Å². The van der Waals surface area contributed by atoms with E-state index in [2.05, 4.69) is 6.92 Å². The molecule has 0 fully saturated rings. The second kappa shape index (κ2) is 10.9. The SMILES string of the molecule is CCCCOC(C)O[Si](OCC)(OCC)OCC. The van der Waals surface area contributed by atoms with Crippen molar-refractivity contribution in [2.24, 2.45) is 0 Å². The van der Waals surface area contributed by atoms with Gasteiger partial charge in [-0.25, -0.2) is 0 Å². The van der Waals surface area contributed by atoms with E-state index in [1.165, 1.54) is 0 Å². The van der Waals surface area contributed by atoms with E-state index in [0.717, 1.165) is 12.8 Å². The molecular weight excluding hydrogens is 252 g/mol. The fourth-order valence-corrected chi connectivity index (χ4v) is 3.38. The molecule has 6 heteroatoms. The Morgan fingerprint density at radius 1 is 0.889 bits per heavy atom. The van der Waals surface area contributed by atoms with Gasteiger partial charge in [-0.1, -0.05) is 13.3 Å². The zero-order chi connectivity index (χ0) is 13.9. The van der Waals surface area contributed by atoms with E-state index < -0.39 is 9.05 Å². The molecule has 0 amide bonds. The highest BCUT2D eigenvalue weighted by Crippen LogP contribution is 2.15. The maximum Gasteiger partial charge on any atom is 0.681 e. The van der Waals surface area contributed by atoms with E-state index in [-0.39, 0.29) is 6.29 Å². The second-order valence-electron chi connectivity index (χ2n) is 3.71. The van der Waals surface area contributed by atoms with Gasteiger partial charge in [-0.15, -0.1) is 0 Å². The Labute approximate surface area is 112 Å². The van der Waals surface area contributed by atoms with E-state index in [1.807, 2.05) is 27.7 Å². The van der Waals surface area contributed by atoms with Crippen LogP contribution in [0.4, 0.5) is 0 Å². The van der Waals surface area contributed by atoms with Crippen LogP contribution in [-0.2, 0) is 22.4 Å². The first kappa shape index (κ1) is 18.0. The second-order valence-corrected chi connectivity index (χ2v) is 5.81. The van der Waals surface area contributed by atoms with Crippen molar-refractivity contribution in [3.8, 4) is 0 Å². The van der Waals surface area contributed by atoms with Crippen LogP contribution in [0.5, 0.6) is 0 Å². The summed E-state index contributed by atoms with van der Waals surface area (Å²) in [6.45, 7) is 11.8. The average Bonchev–Trinajstić information content (AvgIpc) is 2.30. The molecule has 0 aromatic heterocycles. The van der Waals surface area contributed by atoms with Crippen LogP contribution in [0.25, 0.3) is 0 Å². The maximum atomic E-state index is 5.76. The minimum Gasteiger partial charge on any atom is -0.354 e. The quantitative estimate of drug-likeness (QED) is 0.312. The van der Waals surface area contributed by atoms with Crippen molar-refractivity contribution >= 4 is 9.05 Å². The van der Waals surface area contributed by atoms with Gasteiger partial charge >= 0.3 is 9.05 Å². The highest BCUT2D eigenvalue weighted by atomic mass is 28.4. The molecule has 0 rings (SSSR count). The van der Waals surface area contributed by atoms with Gasteiger partial charge in [0.25, 0.3) is 0 Å². The fraction of sp³-hybridized carbons (Fsp3) is 1.00. The van der Waals surface area contributed by atoms with Gasteiger partial charge in [0.2, 0.25) is 0 Å².